The van der Waals surface area contributed by atoms with Crippen LogP contribution >= 0.6 is 0 Å². The van der Waals surface area contributed by atoms with E-state index in [4.69, 9.17) is 15.2 Å². The molecule has 1 aromatic rings. The Morgan fingerprint density at radius 2 is 2.06 bits per heavy atom. The van der Waals surface area contributed by atoms with E-state index in [2.05, 4.69) is 0 Å². The van der Waals surface area contributed by atoms with Gasteiger partial charge in [0.15, 0.2) is 0 Å². The molecule has 0 fully saturated rings. The molecule has 4 heteroatoms. The van der Waals surface area contributed by atoms with Crippen LogP contribution in [0.15, 0.2) is 18.2 Å². The first-order valence-electron chi connectivity index (χ1n) is 5.65. The van der Waals surface area contributed by atoms with Crippen LogP contribution in [0.25, 0.3) is 0 Å². The van der Waals surface area contributed by atoms with E-state index in [0.717, 1.165) is 5.56 Å². The molecular formula is C13H19NO3. The highest BCUT2D eigenvalue weighted by atomic mass is 16.6. The van der Waals surface area contributed by atoms with Crippen molar-refractivity contribution in [3.63, 3.8) is 0 Å². The summed E-state index contributed by atoms with van der Waals surface area (Å²) in [6, 6.07) is 5.12. The van der Waals surface area contributed by atoms with Gasteiger partial charge in [0.25, 0.3) is 0 Å². The Kier molecular flexibility index (Phi) is 4.97. The summed E-state index contributed by atoms with van der Waals surface area (Å²) in [5.41, 5.74) is 7.62. The molecule has 17 heavy (non-hydrogen) atoms. The van der Waals surface area contributed by atoms with Gasteiger partial charge in [0.1, 0.15) is 6.61 Å². The molecule has 0 heterocycles. The first-order valence-corrected chi connectivity index (χ1v) is 5.65. The zero-order valence-electron chi connectivity index (χ0n) is 10.5. The van der Waals surface area contributed by atoms with E-state index >= 15 is 0 Å². The summed E-state index contributed by atoms with van der Waals surface area (Å²) in [4.78, 5) is 11.7. The lowest BCUT2D eigenvalue weighted by molar-refractivity contribution is 0.0176. The van der Waals surface area contributed by atoms with E-state index in [9.17, 15) is 4.79 Å². The molecule has 0 amide bonds. The predicted molar refractivity (Wildman–Crippen MR) is 67.0 cm³/mol. The number of ether oxygens (including phenoxy) is 2. The molecule has 0 saturated carbocycles. The van der Waals surface area contributed by atoms with E-state index in [1.807, 2.05) is 20.8 Å². The summed E-state index contributed by atoms with van der Waals surface area (Å²) in [6.07, 6.45) is 0.145. The van der Waals surface area contributed by atoms with Gasteiger partial charge in [-0.05, 0) is 44.5 Å². The Labute approximate surface area is 102 Å². The summed E-state index contributed by atoms with van der Waals surface area (Å²) in [5.74, 6) is -0.338. The van der Waals surface area contributed by atoms with Crippen molar-refractivity contribution < 1.29 is 14.3 Å². The Hall–Kier alpha value is -1.55. The third-order valence-electron chi connectivity index (χ3n) is 2.24. The van der Waals surface area contributed by atoms with Crippen molar-refractivity contribution in [3.8, 4) is 0 Å². The van der Waals surface area contributed by atoms with Gasteiger partial charge in [-0.2, -0.15) is 0 Å². The van der Waals surface area contributed by atoms with Crippen molar-refractivity contribution in [2.45, 2.75) is 26.9 Å². The molecule has 0 bridgehead atoms. The molecule has 0 aliphatic heterocycles. The molecule has 0 aromatic heterocycles. The highest BCUT2D eigenvalue weighted by Gasteiger charge is 2.10. The second kappa shape index (κ2) is 6.25. The van der Waals surface area contributed by atoms with Gasteiger partial charge in [-0.1, -0.05) is 0 Å². The third-order valence-corrected chi connectivity index (χ3v) is 2.24. The molecule has 94 valence electrons. The Balaban J connectivity index is 2.47. The van der Waals surface area contributed by atoms with Crippen LogP contribution in [0.5, 0.6) is 0 Å². The fourth-order valence-electron chi connectivity index (χ4n) is 1.41. The Morgan fingerprint density at radius 1 is 1.35 bits per heavy atom. The maximum Gasteiger partial charge on any atom is 0.338 e. The second-order valence-corrected chi connectivity index (χ2v) is 4.13. The van der Waals surface area contributed by atoms with Crippen LogP contribution in [0.2, 0.25) is 0 Å². The Morgan fingerprint density at radius 3 is 2.65 bits per heavy atom. The molecule has 0 radical (unpaired) electrons. The van der Waals surface area contributed by atoms with E-state index in [1.165, 1.54) is 0 Å². The van der Waals surface area contributed by atoms with E-state index in [1.54, 1.807) is 18.2 Å². The van der Waals surface area contributed by atoms with Gasteiger partial charge in [-0.15, -0.1) is 0 Å². The second-order valence-electron chi connectivity index (χ2n) is 4.13. The molecule has 1 aromatic carbocycles. The maximum absolute atomic E-state index is 11.7. The molecule has 0 atom stereocenters. The Bertz CT molecular complexity index is 388. The SMILES string of the molecule is Cc1cc(N)ccc1C(=O)OCCOC(C)C. The van der Waals surface area contributed by atoms with Crippen LogP contribution in [0, 0.1) is 6.92 Å². The summed E-state index contributed by atoms with van der Waals surface area (Å²) >= 11 is 0. The molecule has 0 saturated heterocycles. The van der Waals surface area contributed by atoms with Gasteiger partial charge >= 0.3 is 5.97 Å². The van der Waals surface area contributed by atoms with Gasteiger partial charge in [0, 0.05) is 5.69 Å². The lowest BCUT2D eigenvalue weighted by Gasteiger charge is -2.09. The number of aryl methyl sites for hydroxylation is 1. The number of carbonyl (C=O) groups is 1. The van der Waals surface area contributed by atoms with Crippen LogP contribution in [0.3, 0.4) is 0 Å². The minimum atomic E-state index is -0.338. The van der Waals surface area contributed by atoms with Crippen LogP contribution in [0.1, 0.15) is 29.8 Å². The summed E-state index contributed by atoms with van der Waals surface area (Å²) in [7, 11) is 0. The van der Waals surface area contributed by atoms with Crippen LogP contribution in [-0.4, -0.2) is 25.3 Å². The number of nitrogen functional groups attached to an aromatic ring is 1. The minimum Gasteiger partial charge on any atom is -0.460 e. The monoisotopic (exact) mass is 237 g/mol. The predicted octanol–water partition coefficient (Wildman–Crippen LogP) is 2.16. The number of esters is 1. The molecule has 0 aliphatic rings. The summed E-state index contributed by atoms with van der Waals surface area (Å²) < 4.78 is 10.4. The van der Waals surface area contributed by atoms with Gasteiger partial charge in [-0.25, -0.2) is 4.79 Å². The summed E-state index contributed by atoms with van der Waals surface area (Å²) in [6.45, 7) is 6.38. The third kappa shape index (κ3) is 4.44. The average molecular weight is 237 g/mol. The van der Waals surface area contributed by atoms with Crippen molar-refractivity contribution in [3.05, 3.63) is 29.3 Å². The standard InChI is InChI=1S/C13H19NO3/c1-9(2)16-6-7-17-13(15)12-5-4-11(14)8-10(12)3/h4-5,8-9H,6-7,14H2,1-3H3. The number of benzene rings is 1. The topological polar surface area (TPSA) is 61.6 Å². The molecule has 0 aliphatic carbocycles. The lowest BCUT2D eigenvalue weighted by Crippen LogP contribution is -2.14. The van der Waals surface area contributed by atoms with Crippen molar-refractivity contribution in [1.29, 1.82) is 0 Å². The number of hydrogen-bond donors (Lipinski definition) is 1. The number of hydrogen-bond acceptors (Lipinski definition) is 4. The lowest BCUT2D eigenvalue weighted by atomic mass is 10.1. The maximum atomic E-state index is 11.7. The van der Waals surface area contributed by atoms with Gasteiger partial charge < -0.3 is 15.2 Å². The van der Waals surface area contributed by atoms with E-state index < -0.39 is 0 Å². The smallest absolute Gasteiger partial charge is 0.338 e. The van der Waals surface area contributed by atoms with Crippen molar-refractivity contribution in [2.24, 2.45) is 0 Å². The van der Waals surface area contributed by atoms with Crippen LogP contribution in [-0.2, 0) is 9.47 Å². The highest BCUT2D eigenvalue weighted by Crippen LogP contribution is 2.13. The number of rotatable bonds is 5. The van der Waals surface area contributed by atoms with E-state index in [0.29, 0.717) is 17.9 Å². The molecular weight excluding hydrogens is 218 g/mol. The zero-order valence-corrected chi connectivity index (χ0v) is 10.5. The van der Waals surface area contributed by atoms with Crippen molar-refractivity contribution in [2.75, 3.05) is 18.9 Å². The molecule has 1 rings (SSSR count). The minimum absolute atomic E-state index is 0.145. The molecule has 0 spiro atoms. The van der Waals surface area contributed by atoms with E-state index in [-0.39, 0.29) is 18.7 Å². The number of nitrogens with two attached hydrogens (primary N) is 1. The fraction of sp³-hybridized carbons (Fsp3) is 0.462. The zero-order chi connectivity index (χ0) is 12.8. The average Bonchev–Trinajstić information content (AvgIpc) is 2.23. The number of anilines is 1. The van der Waals surface area contributed by atoms with Crippen LogP contribution in [0.4, 0.5) is 5.69 Å². The summed E-state index contributed by atoms with van der Waals surface area (Å²) in [5, 5.41) is 0. The number of carbonyl (C=O) groups excluding carboxylic acids is 1. The first kappa shape index (κ1) is 13.5. The normalized spacial score (nSPS) is 10.6. The van der Waals surface area contributed by atoms with Gasteiger partial charge in [-0.3, -0.25) is 0 Å². The fourth-order valence-corrected chi connectivity index (χ4v) is 1.41. The quantitative estimate of drug-likeness (QED) is 0.484. The molecule has 0 unspecified atom stereocenters. The van der Waals surface area contributed by atoms with Crippen molar-refractivity contribution in [1.82, 2.24) is 0 Å². The highest BCUT2D eigenvalue weighted by molar-refractivity contribution is 5.91. The largest absolute Gasteiger partial charge is 0.460 e. The van der Waals surface area contributed by atoms with Crippen LogP contribution < -0.4 is 5.73 Å². The van der Waals surface area contributed by atoms with Gasteiger partial charge in [0.2, 0.25) is 0 Å². The van der Waals surface area contributed by atoms with Crippen molar-refractivity contribution >= 4 is 11.7 Å². The molecule has 2 N–H and O–H groups in total. The van der Waals surface area contributed by atoms with Gasteiger partial charge in [0.05, 0.1) is 18.3 Å². The molecule has 4 nitrogen and oxygen atoms in total. The first-order chi connectivity index (χ1) is 8.00.